The lowest BCUT2D eigenvalue weighted by atomic mass is 10.1. The van der Waals surface area contributed by atoms with Crippen LogP contribution in [0.4, 0.5) is 5.69 Å². The predicted molar refractivity (Wildman–Crippen MR) is 120 cm³/mol. The van der Waals surface area contributed by atoms with Crippen LogP contribution in [-0.2, 0) is 9.59 Å². The van der Waals surface area contributed by atoms with Crippen molar-refractivity contribution in [3.8, 4) is 0 Å². The number of carbonyl (C=O) groups excluding carboxylic acids is 3. The van der Waals surface area contributed by atoms with Crippen LogP contribution in [0.3, 0.4) is 0 Å². The number of ketones is 1. The van der Waals surface area contributed by atoms with Crippen molar-refractivity contribution < 1.29 is 14.4 Å². The van der Waals surface area contributed by atoms with Crippen LogP contribution in [0.2, 0.25) is 0 Å². The summed E-state index contributed by atoms with van der Waals surface area (Å²) in [7, 11) is 0. The Labute approximate surface area is 178 Å². The van der Waals surface area contributed by atoms with Crippen LogP contribution in [0.1, 0.15) is 29.8 Å². The van der Waals surface area contributed by atoms with Crippen LogP contribution in [-0.4, -0.2) is 34.2 Å². The number of benzene rings is 2. The molecule has 7 nitrogen and oxygen atoms in total. The third-order valence-corrected chi connectivity index (χ3v) is 5.07. The van der Waals surface area contributed by atoms with Gasteiger partial charge in [-0.05, 0) is 43.7 Å². The van der Waals surface area contributed by atoms with E-state index in [-0.39, 0.29) is 11.4 Å². The molecule has 2 amide bonds. The number of carbonyl (C=O) groups is 3. The summed E-state index contributed by atoms with van der Waals surface area (Å²) in [4.78, 5) is 35.8. The second-order valence-electron chi connectivity index (χ2n) is 6.51. The fourth-order valence-corrected chi connectivity index (χ4v) is 3.32. The first-order chi connectivity index (χ1) is 14.4. The van der Waals surface area contributed by atoms with Crippen molar-refractivity contribution >= 4 is 45.9 Å². The molecule has 0 saturated heterocycles. The maximum Gasteiger partial charge on any atom is 0.253 e. The molecule has 0 radical (unpaired) electrons. The van der Waals surface area contributed by atoms with Crippen LogP contribution < -0.4 is 10.6 Å². The Morgan fingerprint density at radius 2 is 1.63 bits per heavy atom. The molecule has 1 aliphatic heterocycles. The highest BCUT2D eigenvalue weighted by Crippen LogP contribution is 2.15. The summed E-state index contributed by atoms with van der Waals surface area (Å²) in [6, 6.07) is 16.2. The third-order valence-electron chi connectivity index (χ3n) is 4.20. The van der Waals surface area contributed by atoms with Gasteiger partial charge in [0.05, 0.1) is 5.71 Å². The zero-order chi connectivity index (χ0) is 21.5. The van der Waals surface area contributed by atoms with Gasteiger partial charge in [-0.25, -0.2) is 0 Å². The average molecular weight is 420 g/mol. The molecule has 0 saturated carbocycles. The molecule has 2 N–H and O–H groups in total. The Hall–Kier alpha value is -3.52. The van der Waals surface area contributed by atoms with Gasteiger partial charge in [-0.15, -0.1) is 5.10 Å². The van der Waals surface area contributed by atoms with E-state index in [1.165, 1.54) is 24.8 Å². The molecule has 2 aromatic carbocycles. The number of thioether (sulfide) groups is 1. The van der Waals surface area contributed by atoms with E-state index in [1.807, 2.05) is 30.3 Å². The van der Waals surface area contributed by atoms with Gasteiger partial charge in [0.1, 0.15) is 0 Å². The molecule has 0 bridgehead atoms. The molecule has 0 spiro atoms. The molecule has 0 atom stereocenters. The summed E-state index contributed by atoms with van der Waals surface area (Å²) >= 11 is 1.37. The van der Waals surface area contributed by atoms with Crippen LogP contribution >= 0.6 is 11.8 Å². The van der Waals surface area contributed by atoms with Crippen LogP contribution in [0.5, 0.6) is 0 Å². The number of nitrogens with one attached hydrogen (secondary N) is 2. The molecule has 0 aromatic heterocycles. The van der Waals surface area contributed by atoms with E-state index in [0.29, 0.717) is 22.2 Å². The normalized spacial score (nSPS) is 13.7. The first-order valence-electron chi connectivity index (χ1n) is 9.17. The summed E-state index contributed by atoms with van der Waals surface area (Å²) in [6.07, 6.45) is 1.21. The Kier molecular flexibility index (Phi) is 6.92. The zero-order valence-electron chi connectivity index (χ0n) is 16.5. The largest absolute Gasteiger partial charge is 0.323 e. The van der Waals surface area contributed by atoms with E-state index in [9.17, 15) is 14.4 Å². The third kappa shape index (κ3) is 5.74. The SMILES string of the molecule is CC(=O)c1ccc(NC(=O)/C=C(/C)C(=O)NC2=NN=C(c3ccccc3)CS2)cc1. The molecule has 30 heavy (non-hydrogen) atoms. The molecule has 8 heteroatoms. The summed E-state index contributed by atoms with van der Waals surface area (Å²) < 4.78 is 0. The minimum Gasteiger partial charge on any atom is -0.323 e. The van der Waals surface area contributed by atoms with Gasteiger partial charge in [0.15, 0.2) is 11.0 Å². The van der Waals surface area contributed by atoms with E-state index < -0.39 is 11.8 Å². The van der Waals surface area contributed by atoms with Crippen molar-refractivity contribution in [2.75, 3.05) is 11.1 Å². The van der Waals surface area contributed by atoms with E-state index in [0.717, 1.165) is 11.3 Å². The number of Topliss-reactive ketones (excluding diaryl/α,β-unsaturated/α-hetero) is 1. The van der Waals surface area contributed by atoms with Gasteiger partial charge in [-0.2, -0.15) is 5.10 Å². The lowest BCUT2D eigenvalue weighted by Crippen LogP contribution is -2.31. The summed E-state index contributed by atoms with van der Waals surface area (Å²) in [5.41, 5.74) is 3.14. The quantitative estimate of drug-likeness (QED) is 0.572. The highest BCUT2D eigenvalue weighted by Gasteiger charge is 2.16. The molecule has 3 rings (SSSR count). The number of amidine groups is 1. The predicted octanol–water partition coefficient (Wildman–Crippen LogP) is 3.40. The smallest absolute Gasteiger partial charge is 0.253 e. The van der Waals surface area contributed by atoms with Gasteiger partial charge in [0.2, 0.25) is 5.91 Å². The number of hydrogen-bond donors (Lipinski definition) is 2. The first-order valence-corrected chi connectivity index (χ1v) is 10.2. The van der Waals surface area contributed by atoms with Gasteiger partial charge >= 0.3 is 0 Å². The maximum absolute atomic E-state index is 12.3. The molecular formula is C22H20N4O3S. The van der Waals surface area contributed by atoms with E-state index in [4.69, 9.17) is 0 Å². The second-order valence-corrected chi connectivity index (χ2v) is 7.47. The van der Waals surface area contributed by atoms with Crippen molar-refractivity contribution in [1.82, 2.24) is 5.32 Å². The molecule has 0 unspecified atom stereocenters. The van der Waals surface area contributed by atoms with Gasteiger partial charge < -0.3 is 5.32 Å². The average Bonchev–Trinajstić information content (AvgIpc) is 2.75. The van der Waals surface area contributed by atoms with E-state index >= 15 is 0 Å². The summed E-state index contributed by atoms with van der Waals surface area (Å²) in [5, 5.41) is 13.9. The number of rotatable bonds is 5. The zero-order valence-corrected chi connectivity index (χ0v) is 17.3. The molecule has 0 fully saturated rings. The number of hydrogen-bond acceptors (Lipinski definition) is 6. The molecule has 1 heterocycles. The molecule has 0 aliphatic carbocycles. The van der Waals surface area contributed by atoms with Gasteiger partial charge in [-0.1, -0.05) is 42.1 Å². The van der Waals surface area contributed by atoms with Gasteiger partial charge in [0.25, 0.3) is 5.91 Å². The maximum atomic E-state index is 12.3. The van der Waals surface area contributed by atoms with Crippen molar-refractivity contribution in [1.29, 1.82) is 0 Å². The lowest BCUT2D eigenvalue weighted by molar-refractivity contribution is -0.117. The number of anilines is 1. The first kappa shape index (κ1) is 21.2. The molecule has 2 aromatic rings. The monoisotopic (exact) mass is 420 g/mol. The number of nitrogens with zero attached hydrogens (tertiary/aromatic N) is 2. The van der Waals surface area contributed by atoms with Crippen molar-refractivity contribution in [3.63, 3.8) is 0 Å². The fourth-order valence-electron chi connectivity index (χ4n) is 2.56. The highest BCUT2D eigenvalue weighted by atomic mass is 32.2. The topological polar surface area (TPSA) is 100.0 Å². The fraction of sp³-hybridized carbons (Fsp3) is 0.136. The van der Waals surface area contributed by atoms with Crippen molar-refractivity contribution in [2.45, 2.75) is 13.8 Å². The minimum absolute atomic E-state index is 0.0518. The van der Waals surface area contributed by atoms with Crippen molar-refractivity contribution in [3.05, 3.63) is 77.4 Å². The minimum atomic E-state index is -0.444. The van der Waals surface area contributed by atoms with Gasteiger partial charge in [-0.3, -0.25) is 19.7 Å². The standard InChI is InChI=1S/C22H20N4O3S/c1-14(12-20(28)23-18-10-8-16(9-11-18)15(2)27)21(29)24-22-26-25-19(13-30-22)17-6-4-3-5-7-17/h3-12H,13H2,1-2H3,(H,23,28)(H,24,26,29)/b14-12-. The Morgan fingerprint density at radius 3 is 2.23 bits per heavy atom. The number of amides is 2. The Morgan fingerprint density at radius 1 is 0.933 bits per heavy atom. The Balaban J connectivity index is 1.58. The van der Waals surface area contributed by atoms with Crippen LogP contribution in [0.25, 0.3) is 0 Å². The highest BCUT2D eigenvalue weighted by molar-refractivity contribution is 8.14. The van der Waals surface area contributed by atoms with Crippen LogP contribution in [0, 0.1) is 0 Å². The molecule has 1 aliphatic rings. The molecule has 152 valence electrons. The van der Waals surface area contributed by atoms with Gasteiger partial charge in [0, 0.05) is 28.7 Å². The van der Waals surface area contributed by atoms with E-state index in [1.54, 1.807) is 31.2 Å². The van der Waals surface area contributed by atoms with E-state index in [2.05, 4.69) is 20.8 Å². The second kappa shape index (κ2) is 9.80. The lowest BCUT2D eigenvalue weighted by Gasteiger charge is -2.13. The Bertz CT molecular complexity index is 1060. The summed E-state index contributed by atoms with van der Waals surface area (Å²) in [5.74, 6) is -0.339. The van der Waals surface area contributed by atoms with Crippen LogP contribution in [0.15, 0.2) is 76.4 Å². The van der Waals surface area contributed by atoms with Crippen molar-refractivity contribution in [2.24, 2.45) is 10.2 Å². The molecular weight excluding hydrogens is 400 g/mol. The summed E-state index contributed by atoms with van der Waals surface area (Å²) in [6.45, 7) is 3.02.